The highest BCUT2D eigenvalue weighted by Crippen LogP contribution is 2.26. The fourth-order valence-corrected chi connectivity index (χ4v) is 2.79. The number of benzene rings is 2. The zero-order valence-electron chi connectivity index (χ0n) is 14.7. The van der Waals surface area contributed by atoms with Crippen LogP contribution in [-0.2, 0) is 4.74 Å². The Morgan fingerprint density at radius 2 is 1.68 bits per heavy atom. The van der Waals surface area contributed by atoms with E-state index in [1.54, 1.807) is 0 Å². The van der Waals surface area contributed by atoms with Gasteiger partial charge in [0.1, 0.15) is 0 Å². The van der Waals surface area contributed by atoms with Crippen molar-refractivity contribution in [1.82, 2.24) is 0 Å². The van der Waals surface area contributed by atoms with Crippen molar-refractivity contribution in [2.45, 2.75) is 0 Å². The molecule has 2 aromatic rings. The van der Waals surface area contributed by atoms with Gasteiger partial charge in [-0.2, -0.15) is 0 Å². The third kappa shape index (κ3) is 4.42. The van der Waals surface area contributed by atoms with E-state index in [0.29, 0.717) is 13.2 Å². The fraction of sp³-hybridized carbons (Fsp3) is 0.316. The van der Waals surface area contributed by atoms with Crippen LogP contribution in [0.2, 0.25) is 0 Å². The SMILES string of the molecule is CN(C)c1ccc(NC(=O)Nc2ccccc2N2CCOCC2)cc1. The molecule has 0 saturated carbocycles. The van der Waals surface area contributed by atoms with Crippen LogP contribution in [0.5, 0.6) is 0 Å². The van der Waals surface area contributed by atoms with Gasteiger partial charge in [0, 0.05) is 38.6 Å². The third-order valence-corrected chi connectivity index (χ3v) is 4.15. The van der Waals surface area contributed by atoms with E-state index in [1.165, 1.54) is 0 Å². The van der Waals surface area contributed by atoms with Gasteiger partial charge < -0.3 is 25.2 Å². The monoisotopic (exact) mass is 340 g/mol. The van der Waals surface area contributed by atoms with Gasteiger partial charge in [-0.1, -0.05) is 12.1 Å². The highest BCUT2D eigenvalue weighted by Gasteiger charge is 2.15. The van der Waals surface area contributed by atoms with Gasteiger partial charge in [0.2, 0.25) is 0 Å². The summed E-state index contributed by atoms with van der Waals surface area (Å²) in [6.07, 6.45) is 0. The van der Waals surface area contributed by atoms with E-state index in [-0.39, 0.29) is 6.03 Å². The standard InChI is InChI=1S/C19H24N4O2/c1-22(2)16-9-7-15(8-10-16)20-19(24)21-17-5-3-4-6-18(17)23-11-13-25-14-12-23/h3-10H,11-14H2,1-2H3,(H2,20,21,24). The smallest absolute Gasteiger partial charge is 0.323 e. The highest BCUT2D eigenvalue weighted by molar-refractivity contribution is 6.01. The first-order valence-electron chi connectivity index (χ1n) is 8.40. The Morgan fingerprint density at radius 1 is 1.00 bits per heavy atom. The number of anilines is 4. The Balaban J connectivity index is 1.66. The van der Waals surface area contributed by atoms with Gasteiger partial charge in [-0.25, -0.2) is 4.79 Å². The number of hydrogen-bond acceptors (Lipinski definition) is 4. The third-order valence-electron chi connectivity index (χ3n) is 4.15. The molecule has 0 radical (unpaired) electrons. The number of nitrogens with one attached hydrogen (secondary N) is 2. The zero-order valence-corrected chi connectivity index (χ0v) is 14.7. The molecule has 2 N–H and O–H groups in total. The molecule has 0 spiro atoms. The lowest BCUT2D eigenvalue weighted by molar-refractivity contribution is 0.123. The maximum absolute atomic E-state index is 12.4. The van der Waals surface area contributed by atoms with Gasteiger partial charge >= 0.3 is 6.03 Å². The molecular formula is C19H24N4O2. The number of carbonyl (C=O) groups is 1. The van der Waals surface area contributed by atoms with Crippen LogP contribution in [0.15, 0.2) is 48.5 Å². The van der Waals surface area contributed by atoms with Crippen LogP contribution in [0.3, 0.4) is 0 Å². The second-order valence-electron chi connectivity index (χ2n) is 6.14. The van der Waals surface area contributed by atoms with E-state index in [2.05, 4.69) is 15.5 Å². The molecular weight excluding hydrogens is 316 g/mol. The van der Waals surface area contributed by atoms with Crippen LogP contribution in [0.1, 0.15) is 0 Å². The molecule has 1 fully saturated rings. The molecule has 25 heavy (non-hydrogen) atoms. The van der Waals surface area contributed by atoms with Crippen LogP contribution in [0.25, 0.3) is 0 Å². The van der Waals surface area contributed by atoms with Crippen LogP contribution >= 0.6 is 0 Å². The molecule has 0 bridgehead atoms. The van der Waals surface area contributed by atoms with Gasteiger partial charge in [-0.15, -0.1) is 0 Å². The van der Waals surface area contributed by atoms with Gasteiger partial charge in [0.15, 0.2) is 0 Å². The number of hydrogen-bond donors (Lipinski definition) is 2. The minimum atomic E-state index is -0.252. The Hall–Kier alpha value is -2.73. The maximum Gasteiger partial charge on any atom is 0.323 e. The topological polar surface area (TPSA) is 56.8 Å². The molecule has 6 heteroatoms. The number of amides is 2. The molecule has 1 aliphatic rings. The van der Waals surface area contributed by atoms with Crippen LogP contribution < -0.4 is 20.4 Å². The normalized spacial score (nSPS) is 14.1. The number of morpholine rings is 1. The first-order valence-corrected chi connectivity index (χ1v) is 8.40. The van der Waals surface area contributed by atoms with Crippen molar-refractivity contribution in [2.24, 2.45) is 0 Å². The lowest BCUT2D eigenvalue weighted by Crippen LogP contribution is -2.36. The molecule has 2 aromatic carbocycles. The van der Waals surface area contributed by atoms with Gasteiger partial charge in [0.05, 0.1) is 24.6 Å². The summed E-state index contributed by atoms with van der Waals surface area (Å²) in [6, 6.07) is 15.3. The molecule has 0 aliphatic carbocycles. The molecule has 6 nitrogen and oxygen atoms in total. The molecule has 0 atom stereocenters. The number of urea groups is 1. The molecule has 3 rings (SSSR count). The molecule has 132 valence electrons. The number of carbonyl (C=O) groups excluding carboxylic acids is 1. The summed E-state index contributed by atoms with van der Waals surface area (Å²) in [7, 11) is 3.97. The molecule has 0 aromatic heterocycles. The van der Waals surface area contributed by atoms with Crippen molar-refractivity contribution in [2.75, 3.05) is 60.8 Å². The summed E-state index contributed by atoms with van der Waals surface area (Å²) < 4.78 is 5.40. The molecule has 1 aliphatic heterocycles. The predicted molar refractivity (Wildman–Crippen MR) is 103 cm³/mol. The quantitative estimate of drug-likeness (QED) is 0.897. The fourth-order valence-electron chi connectivity index (χ4n) is 2.79. The summed E-state index contributed by atoms with van der Waals surface area (Å²) in [5.74, 6) is 0. The summed E-state index contributed by atoms with van der Waals surface area (Å²) >= 11 is 0. The first-order chi connectivity index (χ1) is 12.1. The van der Waals surface area contributed by atoms with E-state index in [4.69, 9.17) is 4.74 Å². The minimum Gasteiger partial charge on any atom is -0.378 e. The minimum absolute atomic E-state index is 0.252. The number of ether oxygens (including phenoxy) is 1. The van der Waals surface area contributed by atoms with Gasteiger partial charge in [0.25, 0.3) is 0 Å². The summed E-state index contributed by atoms with van der Waals surface area (Å²) in [6.45, 7) is 3.07. The van der Waals surface area contributed by atoms with Crippen LogP contribution in [-0.4, -0.2) is 46.4 Å². The summed E-state index contributed by atoms with van der Waals surface area (Å²) in [4.78, 5) is 16.6. The van der Waals surface area contributed by atoms with Crippen molar-refractivity contribution in [3.05, 3.63) is 48.5 Å². The van der Waals surface area contributed by atoms with Gasteiger partial charge in [-0.3, -0.25) is 0 Å². The van der Waals surface area contributed by atoms with Crippen molar-refractivity contribution in [1.29, 1.82) is 0 Å². The Morgan fingerprint density at radius 3 is 2.36 bits per heavy atom. The maximum atomic E-state index is 12.4. The second-order valence-corrected chi connectivity index (χ2v) is 6.14. The average Bonchev–Trinajstić information content (AvgIpc) is 2.63. The molecule has 1 saturated heterocycles. The first kappa shape index (κ1) is 17.1. The Kier molecular flexibility index (Phi) is 5.40. The van der Waals surface area contributed by atoms with Crippen molar-refractivity contribution >= 4 is 28.8 Å². The Labute approximate surface area is 148 Å². The van der Waals surface area contributed by atoms with E-state index in [1.807, 2.05) is 67.5 Å². The Bertz CT molecular complexity index is 710. The highest BCUT2D eigenvalue weighted by atomic mass is 16.5. The second kappa shape index (κ2) is 7.90. The van der Waals surface area contributed by atoms with Crippen molar-refractivity contribution in [3.63, 3.8) is 0 Å². The zero-order chi connectivity index (χ0) is 17.6. The van der Waals surface area contributed by atoms with E-state index >= 15 is 0 Å². The molecule has 2 amide bonds. The summed E-state index contributed by atoms with van der Waals surface area (Å²) in [5, 5.41) is 5.83. The number of rotatable bonds is 4. The average molecular weight is 340 g/mol. The predicted octanol–water partition coefficient (Wildman–Crippen LogP) is 3.23. The lowest BCUT2D eigenvalue weighted by Gasteiger charge is -2.30. The molecule has 1 heterocycles. The van der Waals surface area contributed by atoms with Crippen LogP contribution in [0, 0.1) is 0 Å². The van der Waals surface area contributed by atoms with E-state index in [9.17, 15) is 4.79 Å². The van der Waals surface area contributed by atoms with Crippen LogP contribution in [0.4, 0.5) is 27.5 Å². The van der Waals surface area contributed by atoms with E-state index < -0.39 is 0 Å². The molecule has 0 unspecified atom stereocenters. The van der Waals surface area contributed by atoms with Crippen molar-refractivity contribution < 1.29 is 9.53 Å². The lowest BCUT2D eigenvalue weighted by atomic mass is 10.2. The number of para-hydroxylation sites is 2. The summed E-state index contributed by atoms with van der Waals surface area (Å²) in [5.41, 5.74) is 3.66. The van der Waals surface area contributed by atoms with Gasteiger partial charge in [-0.05, 0) is 36.4 Å². The number of nitrogens with zero attached hydrogens (tertiary/aromatic N) is 2. The van der Waals surface area contributed by atoms with Crippen molar-refractivity contribution in [3.8, 4) is 0 Å². The largest absolute Gasteiger partial charge is 0.378 e. The van der Waals surface area contributed by atoms with E-state index in [0.717, 1.165) is 35.8 Å².